The number of nitriles is 1. The summed E-state index contributed by atoms with van der Waals surface area (Å²) in [5, 5.41) is 19.4. The molecular weight excluding hydrogens is 346 g/mol. The second kappa shape index (κ2) is 10.2. The van der Waals surface area contributed by atoms with Gasteiger partial charge in [0.1, 0.15) is 18.5 Å². The third-order valence-electron chi connectivity index (χ3n) is 5.14. The molecule has 1 N–H and O–H groups in total. The van der Waals surface area contributed by atoms with Gasteiger partial charge < -0.3 is 9.84 Å². The number of piperidine rings is 1. The number of aliphatic hydroxyl groups excluding tert-OH is 1. The highest BCUT2D eigenvalue weighted by Crippen LogP contribution is 2.23. The van der Waals surface area contributed by atoms with Gasteiger partial charge in [-0.1, -0.05) is 18.2 Å². The van der Waals surface area contributed by atoms with Crippen LogP contribution in [0.15, 0.2) is 24.3 Å². The van der Waals surface area contributed by atoms with E-state index in [-0.39, 0.29) is 5.92 Å². The predicted octanol–water partition coefficient (Wildman–Crippen LogP) is 2.21. The van der Waals surface area contributed by atoms with E-state index in [0.717, 1.165) is 68.4 Å². The third kappa shape index (κ3) is 5.88. The summed E-state index contributed by atoms with van der Waals surface area (Å²) in [6, 6.07) is 10.5. The van der Waals surface area contributed by atoms with Crippen LogP contribution in [0.4, 0.5) is 0 Å². The first-order chi connectivity index (χ1) is 12.7. The monoisotopic (exact) mass is 375 g/mol. The lowest BCUT2D eigenvalue weighted by Gasteiger charge is -2.30. The van der Waals surface area contributed by atoms with Gasteiger partial charge in [-0.05, 0) is 32.0 Å². The lowest BCUT2D eigenvalue weighted by Crippen LogP contribution is -2.40. The lowest BCUT2D eigenvalue weighted by molar-refractivity contribution is 0.0707. The molecule has 0 saturated carbocycles. The molecule has 2 aliphatic heterocycles. The summed E-state index contributed by atoms with van der Waals surface area (Å²) in [5.74, 6) is 3.38. The Balaban J connectivity index is 1.48. The molecule has 2 fully saturated rings. The molecule has 0 bridgehead atoms. The highest BCUT2D eigenvalue weighted by atomic mass is 32.2. The number of hydrogen-bond acceptors (Lipinski definition) is 6. The normalized spacial score (nSPS) is 21.2. The Labute approximate surface area is 160 Å². The number of rotatable bonds is 7. The molecule has 142 valence electrons. The average molecular weight is 376 g/mol. The van der Waals surface area contributed by atoms with Crippen molar-refractivity contribution in [3.05, 3.63) is 29.8 Å². The number of likely N-dealkylation sites (tertiary alicyclic amines) is 1. The summed E-state index contributed by atoms with van der Waals surface area (Å²) in [7, 11) is 0. The third-order valence-corrected chi connectivity index (χ3v) is 6.08. The van der Waals surface area contributed by atoms with Crippen LogP contribution in [0.5, 0.6) is 5.75 Å². The minimum atomic E-state index is -0.461. The van der Waals surface area contributed by atoms with Crippen LogP contribution >= 0.6 is 11.8 Å². The Morgan fingerprint density at radius 3 is 2.62 bits per heavy atom. The number of β-amino-alcohol motifs (C(OH)–C–C–N with tert-alkyl or cyclic N) is 1. The zero-order chi connectivity index (χ0) is 18.2. The molecule has 2 saturated heterocycles. The van der Waals surface area contributed by atoms with Crippen LogP contribution in [0.2, 0.25) is 0 Å². The molecule has 0 unspecified atom stereocenters. The first-order valence-electron chi connectivity index (χ1n) is 9.55. The molecule has 0 amide bonds. The van der Waals surface area contributed by atoms with Gasteiger partial charge in [0.2, 0.25) is 0 Å². The molecule has 1 atom stereocenters. The molecule has 0 aliphatic carbocycles. The van der Waals surface area contributed by atoms with Crippen molar-refractivity contribution in [1.82, 2.24) is 9.80 Å². The van der Waals surface area contributed by atoms with E-state index >= 15 is 0 Å². The number of nitrogens with zero attached hydrogens (tertiary/aromatic N) is 3. The van der Waals surface area contributed by atoms with E-state index in [9.17, 15) is 5.11 Å². The molecule has 6 heteroatoms. The SMILES string of the molecule is N#CC1CCN(Cc2ccccc2OC[C@@H](O)CN2CCSCC2)CC1. The highest BCUT2D eigenvalue weighted by Gasteiger charge is 2.20. The van der Waals surface area contributed by atoms with Crippen molar-refractivity contribution in [2.45, 2.75) is 25.5 Å². The minimum Gasteiger partial charge on any atom is -0.491 e. The molecule has 0 spiro atoms. The number of hydrogen-bond donors (Lipinski definition) is 1. The molecule has 0 radical (unpaired) electrons. The van der Waals surface area contributed by atoms with Gasteiger partial charge in [0.25, 0.3) is 0 Å². The number of thioether (sulfide) groups is 1. The second-order valence-corrected chi connectivity index (χ2v) is 8.39. The lowest BCUT2D eigenvalue weighted by atomic mass is 9.98. The largest absolute Gasteiger partial charge is 0.491 e. The Kier molecular flexibility index (Phi) is 7.63. The van der Waals surface area contributed by atoms with Crippen LogP contribution in [-0.2, 0) is 6.54 Å². The first-order valence-corrected chi connectivity index (χ1v) is 10.7. The van der Waals surface area contributed by atoms with Crippen molar-refractivity contribution in [3.8, 4) is 11.8 Å². The van der Waals surface area contributed by atoms with Gasteiger partial charge in [-0.3, -0.25) is 9.80 Å². The second-order valence-electron chi connectivity index (χ2n) is 7.17. The van der Waals surface area contributed by atoms with E-state index in [1.54, 1.807) is 0 Å². The van der Waals surface area contributed by atoms with Gasteiger partial charge in [-0.2, -0.15) is 17.0 Å². The summed E-state index contributed by atoms with van der Waals surface area (Å²) in [6.07, 6.45) is 1.44. The number of ether oxygens (including phenoxy) is 1. The summed E-state index contributed by atoms with van der Waals surface area (Å²) in [4.78, 5) is 4.70. The summed E-state index contributed by atoms with van der Waals surface area (Å²) < 4.78 is 5.96. The standard InChI is InChI=1S/C20H29N3O2S/c21-13-17-5-7-22(8-6-17)14-18-3-1-2-4-20(18)25-16-19(24)15-23-9-11-26-12-10-23/h1-4,17,19,24H,5-12,14-16H2/t19-/m0/s1. The topological polar surface area (TPSA) is 59.7 Å². The Hall–Kier alpha value is -1.26. The van der Waals surface area contributed by atoms with E-state index in [1.165, 1.54) is 0 Å². The van der Waals surface area contributed by atoms with Crippen LogP contribution < -0.4 is 4.74 Å². The fourth-order valence-electron chi connectivity index (χ4n) is 3.56. The molecule has 2 heterocycles. The van der Waals surface area contributed by atoms with Gasteiger partial charge in [-0.15, -0.1) is 0 Å². The molecule has 26 heavy (non-hydrogen) atoms. The van der Waals surface area contributed by atoms with Crippen molar-refractivity contribution in [1.29, 1.82) is 5.26 Å². The van der Waals surface area contributed by atoms with Crippen LogP contribution in [0, 0.1) is 17.2 Å². The predicted molar refractivity (Wildman–Crippen MR) is 105 cm³/mol. The van der Waals surface area contributed by atoms with Gasteiger partial charge >= 0.3 is 0 Å². The quantitative estimate of drug-likeness (QED) is 0.789. The van der Waals surface area contributed by atoms with Gasteiger partial charge in [-0.25, -0.2) is 0 Å². The number of benzene rings is 1. The van der Waals surface area contributed by atoms with Crippen molar-refractivity contribution < 1.29 is 9.84 Å². The molecule has 2 aliphatic rings. The zero-order valence-corrected chi connectivity index (χ0v) is 16.2. The van der Waals surface area contributed by atoms with Gasteiger partial charge in [0, 0.05) is 49.2 Å². The fourth-order valence-corrected chi connectivity index (χ4v) is 4.54. The average Bonchev–Trinajstić information content (AvgIpc) is 2.69. The Bertz CT molecular complexity index is 593. The molecule has 5 nitrogen and oxygen atoms in total. The van der Waals surface area contributed by atoms with E-state index in [2.05, 4.69) is 21.9 Å². The van der Waals surface area contributed by atoms with Crippen LogP contribution in [0.1, 0.15) is 18.4 Å². The zero-order valence-electron chi connectivity index (χ0n) is 15.3. The fraction of sp³-hybridized carbons (Fsp3) is 0.650. The Morgan fingerprint density at radius 2 is 1.88 bits per heavy atom. The molecule has 1 aromatic rings. The van der Waals surface area contributed by atoms with E-state index < -0.39 is 6.10 Å². The summed E-state index contributed by atoms with van der Waals surface area (Å²) >= 11 is 1.98. The maximum absolute atomic E-state index is 10.3. The molecule has 1 aromatic carbocycles. The van der Waals surface area contributed by atoms with Gasteiger partial charge in [0.05, 0.1) is 6.07 Å². The molecular formula is C20H29N3O2S. The van der Waals surface area contributed by atoms with E-state index in [1.807, 2.05) is 30.0 Å². The van der Waals surface area contributed by atoms with Crippen molar-refractivity contribution >= 4 is 11.8 Å². The summed E-state index contributed by atoms with van der Waals surface area (Å²) in [5.41, 5.74) is 1.16. The van der Waals surface area contributed by atoms with Crippen LogP contribution in [0.3, 0.4) is 0 Å². The summed E-state index contributed by atoms with van der Waals surface area (Å²) in [6.45, 7) is 5.88. The number of aliphatic hydroxyl groups is 1. The maximum Gasteiger partial charge on any atom is 0.123 e. The molecule has 0 aromatic heterocycles. The van der Waals surface area contributed by atoms with Crippen LogP contribution in [-0.4, -0.2) is 71.8 Å². The first kappa shape index (κ1) is 19.5. The highest BCUT2D eigenvalue weighted by molar-refractivity contribution is 7.99. The minimum absolute atomic E-state index is 0.209. The van der Waals surface area contributed by atoms with E-state index in [0.29, 0.717) is 13.2 Å². The van der Waals surface area contributed by atoms with Gasteiger partial charge in [0.15, 0.2) is 0 Å². The van der Waals surface area contributed by atoms with Crippen molar-refractivity contribution in [2.24, 2.45) is 5.92 Å². The van der Waals surface area contributed by atoms with Crippen LogP contribution in [0.25, 0.3) is 0 Å². The smallest absolute Gasteiger partial charge is 0.123 e. The molecule has 3 rings (SSSR count). The van der Waals surface area contributed by atoms with E-state index in [4.69, 9.17) is 10.00 Å². The maximum atomic E-state index is 10.3. The number of para-hydroxylation sites is 1. The Morgan fingerprint density at radius 1 is 1.15 bits per heavy atom. The van der Waals surface area contributed by atoms with Crippen molar-refractivity contribution in [3.63, 3.8) is 0 Å². The van der Waals surface area contributed by atoms with Crippen molar-refractivity contribution in [2.75, 3.05) is 50.8 Å².